The summed E-state index contributed by atoms with van der Waals surface area (Å²) in [4.78, 5) is 2.31. The Morgan fingerprint density at radius 3 is 1.50 bits per heavy atom. The zero-order valence-corrected chi connectivity index (χ0v) is 16.0. The van der Waals surface area contributed by atoms with Crippen molar-refractivity contribution in [3.05, 3.63) is 76.3 Å². The first-order chi connectivity index (χ1) is 12.4. The van der Waals surface area contributed by atoms with E-state index >= 15 is 0 Å². The van der Waals surface area contributed by atoms with E-state index in [-0.39, 0.29) is 0 Å². The topological polar surface area (TPSA) is 28.0 Å². The molecule has 4 rings (SSSR count). The second-order valence-electron chi connectivity index (χ2n) is 7.27. The van der Waals surface area contributed by atoms with Crippen molar-refractivity contribution in [1.29, 1.82) is 0 Å². The van der Waals surface area contributed by atoms with Gasteiger partial charge >= 0.3 is 0 Å². The van der Waals surface area contributed by atoms with E-state index in [1.54, 1.807) is 0 Å². The number of rotatable bonds is 1. The zero-order valence-electron chi connectivity index (χ0n) is 16.0. The molecule has 1 aliphatic rings. The van der Waals surface area contributed by atoms with E-state index in [1.165, 1.54) is 33.5 Å². The number of azo groups is 1. The Kier molecular flexibility index (Phi) is 3.87. The van der Waals surface area contributed by atoms with Gasteiger partial charge in [-0.05, 0) is 81.1 Å². The molecule has 0 fully saturated rings. The molecule has 0 unspecified atom stereocenters. The molecule has 0 spiro atoms. The maximum Gasteiger partial charge on any atom is 0.110 e. The molecule has 0 atom stereocenters. The highest BCUT2D eigenvalue weighted by molar-refractivity contribution is 5.91. The van der Waals surface area contributed by atoms with Crippen molar-refractivity contribution >= 4 is 28.4 Å². The fourth-order valence-electron chi connectivity index (χ4n) is 3.81. The van der Waals surface area contributed by atoms with Gasteiger partial charge in [-0.1, -0.05) is 29.8 Å². The molecule has 0 saturated carbocycles. The predicted octanol–water partition coefficient (Wildman–Crippen LogP) is 7.43. The molecular formula is C23H23N3. The first-order valence-corrected chi connectivity index (χ1v) is 8.95. The van der Waals surface area contributed by atoms with Crippen LogP contribution in [0.25, 0.3) is 0 Å². The highest BCUT2D eigenvalue weighted by atomic mass is 15.2. The van der Waals surface area contributed by atoms with Gasteiger partial charge in [-0.25, -0.2) is 0 Å². The van der Waals surface area contributed by atoms with Crippen molar-refractivity contribution in [3.63, 3.8) is 0 Å². The fourth-order valence-corrected chi connectivity index (χ4v) is 3.81. The Balaban J connectivity index is 2.07. The number of nitrogens with zero attached hydrogens (tertiary/aromatic N) is 3. The van der Waals surface area contributed by atoms with E-state index in [0.29, 0.717) is 0 Å². The summed E-state index contributed by atoms with van der Waals surface area (Å²) >= 11 is 0. The van der Waals surface area contributed by atoms with E-state index in [4.69, 9.17) is 0 Å². The minimum absolute atomic E-state index is 0.901. The summed E-state index contributed by atoms with van der Waals surface area (Å²) in [5.41, 5.74) is 11.3. The molecule has 0 saturated heterocycles. The first-order valence-electron chi connectivity index (χ1n) is 8.95. The van der Waals surface area contributed by atoms with Crippen molar-refractivity contribution in [1.82, 2.24) is 0 Å². The average molecular weight is 341 g/mol. The van der Waals surface area contributed by atoms with Gasteiger partial charge in [0.15, 0.2) is 0 Å². The molecule has 26 heavy (non-hydrogen) atoms. The normalized spacial score (nSPS) is 12.6. The summed E-state index contributed by atoms with van der Waals surface area (Å²) in [5.74, 6) is 0. The lowest BCUT2D eigenvalue weighted by atomic mass is 10.0. The van der Waals surface area contributed by atoms with E-state index in [2.05, 4.69) is 98.3 Å². The van der Waals surface area contributed by atoms with Crippen LogP contribution in [0.1, 0.15) is 27.8 Å². The van der Waals surface area contributed by atoms with Crippen molar-refractivity contribution in [2.24, 2.45) is 10.2 Å². The predicted molar refractivity (Wildman–Crippen MR) is 109 cm³/mol. The number of anilines is 3. The quantitative estimate of drug-likeness (QED) is 0.354. The third-order valence-corrected chi connectivity index (χ3v) is 4.87. The number of hydrogen-bond donors (Lipinski definition) is 0. The molecule has 0 N–H and O–H groups in total. The number of fused-ring (bicyclic) bond motifs is 2. The Labute approximate surface area is 155 Å². The smallest absolute Gasteiger partial charge is 0.110 e. The van der Waals surface area contributed by atoms with Gasteiger partial charge in [-0.3, -0.25) is 0 Å². The van der Waals surface area contributed by atoms with Gasteiger partial charge in [0.05, 0.1) is 17.1 Å². The minimum Gasteiger partial charge on any atom is -0.305 e. The standard InChI is InChI=1S/C23H23N3/c1-14-6-8-21-19(12-14)24-25-20-13-15(2)7-9-22(20)26(21)23-17(4)10-16(3)11-18(23)5/h6-13H,1-5H3. The molecule has 1 aliphatic heterocycles. The zero-order chi connectivity index (χ0) is 18.4. The molecule has 0 amide bonds. The summed E-state index contributed by atoms with van der Waals surface area (Å²) in [6.07, 6.45) is 0. The highest BCUT2D eigenvalue weighted by Crippen LogP contribution is 2.49. The van der Waals surface area contributed by atoms with E-state index in [9.17, 15) is 0 Å². The van der Waals surface area contributed by atoms with Crippen LogP contribution in [0.2, 0.25) is 0 Å². The van der Waals surface area contributed by atoms with Crippen LogP contribution >= 0.6 is 0 Å². The third kappa shape index (κ3) is 2.70. The molecule has 130 valence electrons. The second-order valence-corrected chi connectivity index (χ2v) is 7.27. The first kappa shape index (κ1) is 16.5. The van der Waals surface area contributed by atoms with E-state index in [0.717, 1.165) is 22.7 Å². The number of benzene rings is 3. The van der Waals surface area contributed by atoms with Crippen molar-refractivity contribution in [3.8, 4) is 0 Å². The summed E-state index contributed by atoms with van der Waals surface area (Å²) in [5, 5.41) is 9.13. The molecule has 3 aromatic carbocycles. The summed E-state index contributed by atoms with van der Waals surface area (Å²) < 4.78 is 0. The van der Waals surface area contributed by atoms with Crippen LogP contribution in [-0.2, 0) is 0 Å². The lowest BCUT2D eigenvalue weighted by Gasteiger charge is -2.29. The summed E-state index contributed by atoms with van der Waals surface area (Å²) in [6, 6.07) is 17.3. The molecule has 3 aromatic rings. The Morgan fingerprint density at radius 2 is 1.04 bits per heavy atom. The van der Waals surface area contributed by atoms with E-state index < -0.39 is 0 Å². The average Bonchev–Trinajstić information content (AvgIpc) is 2.71. The van der Waals surface area contributed by atoms with Crippen LogP contribution in [-0.4, -0.2) is 0 Å². The molecule has 0 aliphatic carbocycles. The van der Waals surface area contributed by atoms with Crippen LogP contribution in [0.4, 0.5) is 28.4 Å². The van der Waals surface area contributed by atoms with Crippen molar-refractivity contribution in [2.45, 2.75) is 34.6 Å². The molecule has 1 heterocycles. The lowest BCUT2D eigenvalue weighted by Crippen LogP contribution is -2.13. The summed E-state index contributed by atoms with van der Waals surface area (Å²) in [6.45, 7) is 10.7. The maximum atomic E-state index is 4.57. The van der Waals surface area contributed by atoms with Crippen LogP contribution in [0.15, 0.2) is 58.8 Å². The van der Waals surface area contributed by atoms with Crippen LogP contribution < -0.4 is 4.90 Å². The van der Waals surface area contributed by atoms with Crippen LogP contribution in [0, 0.1) is 34.6 Å². The van der Waals surface area contributed by atoms with Crippen LogP contribution in [0.5, 0.6) is 0 Å². The lowest BCUT2D eigenvalue weighted by molar-refractivity contribution is 1.20. The molecule has 0 aromatic heterocycles. The number of hydrogen-bond acceptors (Lipinski definition) is 3. The highest BCUT2D eigenvalue weighted by Gasteiger charge is 2.24. The van der Waals surface area contributed by atoms with Gasteiger partial charge < -0.3 is 4.90 Å². The van der Waals surface area contributed by atoms with Crippen molar-refractivity contribution in [2.75, 3.05) is 4.90 Å². The van der Waals surface area contributed by atoms with Gasteiger partial charge in [0, 0.05) is 0 Å². The summed E-state index contributed by atoms with van der Waals surface area (Å²) in [7, 11) is 0. The Hall–Kier alpha value is -2.94. The van der Waals surface area contributed by atoms with Gasteiger partial charge in [-0.2, -0.15) is 0 Å². The third-order valence-electron chi connectivity index (χ3n) is 4.87. The second kappa shape index (κ2) is 6.10. The van der Waals surface area contributed by atoms with Crippen molar-refractivity contribution < 1.29 is 0 Å². The monoisotopic (exact) mass is 341 g/mol. The van der Waals surface area contributed by atoms with Gasteiger partial charge in [0.2, 0.25) is 0 Å². The van der Waals surface area contributed by atoms with Crippen LogP contribution in [0.3, 0.4) is 0 Å². The minimum atomic E-state index is 0.901. The largest absolute Gasteiger partial charge is 0.305 e. The fraction of sp³-hybridized carbons (Fsp3) is 0.217. The molecule has 3 heteroatoms. The Bertz CT molecular complexity index is 969. The molecule has 0 radical (unpaired) electrons. The van der Waals surface area contributed by atoms with E-state index in [1.807, 2.05) is 0 Å². The maximum absolute atomic E-state index is 4.57. The number of aryl methyl sites for hydroxylation is 5. The van der Waals surface area contributed by atoms with Gasteiger partial charge in [0.1, 0.15) is 11.4 Å². The van der Waals surface area contributed by atoms with Gasteiger partial charge in [-0.15, -0.1) is 10.2 Å². The Morgan fingerprint density at radius 1 is 0.577 bits per heavy atom. The SMILES string of the molecule is Cc1cc(C)c(N2c3ccc(C)cc3N=Nc3cc(C)ccc32)c(C)c1. The van der Waals surface area contributed by atoms with Gasteiger partial charge in [0.25, 0.3) is 0 Å². The molecular weight excluding hydrogens is 318 g/mol. The molecule has 0 bridgehead atoms. The molecule has 3 nitrogen and oxygen atoms in total.